The molecule has 0 amide bonds. The predicted molar refractivity (Wildman–Crippen MR) is 63.8 cm³/mol. The molecule has 2 unspecified atom stereocenters. The van der Waals surface area contributed by atoms with Crippen molar-refractivity contribution in [2.24, 2.45) is 0 Å². The molecule has 1 nitrogen and oxygen atoms in total. The van der Waals surface area contributed by atoms with Gasteiger partial charge in [-0.3, -0.25) is 0 Å². The molecule has 0 aromatic heterocycles. The van der Waals surface area contributed by atoms with Gasteiger partial charge in [-0.15, -0.1) is 0 Å². The molecular formula is C13H11F3OTe. The van der Waals surface area contributed by atoms with E-state index in [0.29, 0.717) is 10.6 Å². The van der Waals surface area contributed by atoms with Crippen molar-refractivity contribution < 1.29 is 17.9 Å². The number of terminal acetylenes is 1. The van der Waals surface area contributed by atoms with Crippen LogP contribution in [0.1, 0.15) is 12.0 Å². The van der Waals surface area contributed by atoms with Crippen LogP contribution in [0.3, 0.4) is 0 Å². The Kier molecular flexibility index (Phi) is 4.22. The standard InChI is InChI=1S/C13H11F3OTe/c1-2-7-17-11-8-12(11)18-10-5-3-9(4-6-10)13(14,15)16/h1,3-6,11-12H,7-8H2. The van der Waals surface area contributed by atoms with Crippen LogP contribution in [0.4, 0.5) is 13.2 Å². The Bertz CT molecular complexity index is 447. The third-order valence-corrected chi connectivity index (χ3v) is 6.36. The summed E-state index contributed by atoms with van der Waals surface area (Å²) in [7, 11) is 0. The Morgan fingerprint density at radius 1 is 1.33 bits per heavy atom. The Hall–Kier alpha value is -0.680. The molecular weight excluding hydrogens is 357 g/mol. The summed E-state index contributed by atoms with van der Waals surface area (Å²) in [6, 6.07) is 5.48. The van der Waals surface area contributed by atoms with E-state index >= 15 is 0 Å². The van der Waals surface area contributed by atoms with Crippen LogP contribution in [0, 0.1) is 12.3 Å². The molecule has 96 valence electrons. The molecule has 1 fully saturated rings. The van der Waals surface area contributed by atoms with Gasteiger partial charge in [-0.05, 0) is 0 Å². The van der Waals surface area contributed by atoms with Gasteiger partial charge in [0, 0.05) is 0 Å². The number of hydrogen-bond acceptors (Lipinski definition) is 1. The molecule has 1 aliphatic carbocycles. The van der Waals surface area contributed by atoms with Crippen molar-refractivity contribution in [3.8, 4) is 12.3 Å². The molecule has 0 bridgehead atoms. The summed E-state index contributed by atoms with van der Waals surface area (Å²) in [6.07, 6.45) is 2.05. The van der Waals surface area contributed by atoms with Gasteiger partial charge in [-0.2, -0.15) is 0 Å². The van der Waals surface area contributed by atoms with Crippen molar-refractivity contribution in [1.29, 1.82) is 0 Å². The number of benzene rings is 1. The Morgan fingerprint density at radius 3 is 2.56 bits per heavy atom. The van der Waals surface area contributed by atoms with E-state index in [4.69, 9.17) is 11.2 Å². The number of rotatable bonds is 4. The van der Waals surface area contributed by atoms with Crippen molar-refractivity contribution in [2.75, 3.05) is 6.61 Å². The number of halogens is 3. The van der Waals surface area contributed by atoms with Crippen LogP contribution in [0.5, 0.6) is 0 Å². The molecule has 1 aromatic carbocycles. The van der Waals surface area contributed by atoms with Crippen LogP contribution in [0.25, 0.3) is 0 Å². The summed E-state index contributed by atoms with van der Waals surface area (Å²) in [4.78, 5) is 0. The molecule has 0 aliphatic heterocycles. The van der Waals surface area contributed by atoms with E-state index in [0.717, 1.165) is 22.2 Å². The van der Waals surface area contributed by atoms with Crippen LogP contribution in [-0.2, 0) is 10.9 Å². The zero-order chi connectivity index (χ0) is 13.2. The summed E-state index contributed by atoms with van der Waals surface area (Å²) in [6.45, 7) is 0.321. The monoisotopic (exact) mass is 370 g/mol. The van der Waals surface area contributed by atoms with Crippen LogP contribution >= 0.6 is 0 Å². The quantitative estimate of drug-likeness (QED) is 0.586. The summed E-state index contributed by atoms with van der Waals surface area (Å²) in [5.74, 6) is 2.41. The van der Waals surface area contributed by atoms with Crippen molar-refractivity contribution in [3.05, 3.63) is 29.8 Å². The second-order valence-corrected chi connectivity index (χ2v) is 7.71. The van der Waals surface area contributed by atoms with Gasteiger partial charge in [-0.25, -0.2) is 0 Å². The van der Waals surface area contributed by atoms with E-state index in [1.165, 1.54) is 0 Å². The van der Waals surface area contributed by atoms with Gasteiger partial charge < -0.3 is 0 Å². The van der Waals surface area contributed by atoms with Gasteiger partial charge in [0.1, 0.15) is 0 Å². The summed E-state index contributed by atoms with van der Waals surface area (Å²) in [5, 5.41) is 0. The molecule has 5 heteroatoms. The second kappa shape index (κ2) is 5.53. The Balaban J connectivity index is 1.87. The summed E-state index contributed by atoms with van der Waals surface area (Å²) < 4.78 is 44.0. The first kappa shape index (κ1) is 13.7. The Morgan fingerprint density at radius 2 is 2.00 bits per heavy atom. The second-order valence-electron chi connectivity index (χ2n) is 3.97. The molecule has 1 saturated carbocycles. The van der Waals surface area contributed by atoms with Crippen LogP contribution in [-0.4, -0.2) is 33.6 Å². The van der Waals surface area contributed by atoms with Crippen LogP contribution < -0.4 is 3.61 Å². The fourth-order valence-electron chi connectivity index (χ4n) is 1.50. The first-order valence-electron chi connectivity index (χ1n) is 5.39. The van der Waals surface area contributed by atoms with Crippen molar-refractivity contribution in [3.63, 3.8) is 0 Å². The predicted octanol–water partition coefficient (Wildman–Crippen LogP) is 2.25. The minimum absolute atomic E-state index is 0.228. The average Bonchev–Trinajstić information content (AvgIpc) is 3.04. The van der Waals surface area contributed by atoms with Gasteiger partial charge in [0.05, 0.1) is 0 Å². The summed E-state index contributed by atoms with van der Waals surface area (Å²) in [5.41, 5.74) is -0.588. The molecule has 1 aromatic rings. The van der Waals surface area contributed by atoms with E-state index in [2.05, 4.69) is 5.92 Å². The maximum absolute atomic E-state index is 12.4. The van der Waals surface area contributed by atoms with E-state index in [9.17, 15) is 13.2 Å². The molecule has 2 rings (SSSR count). The molecule has 18 heavy (non-hydrogen) atoms. The third-order valence-electron chi connectivity index (χ3n) is 2.53. The van der Waals surface area contributed by atoms with Gasteiger partial charge in [0.15, 0.2) is 0 Å². The van der Waals surface area contributed by atoms with E-state index in [-0.39, 0.29) is 6.10 Å². The first-order chi connectivity index (χ1) is 8.50. The normalized spacial score (nSPS) is 22.6. The third kappa shape index (κ3) is 3.65. The fraction of sp³-hybridized carbons (Fsp3) is 0.385. The molecule has 2 atom stereocenters. The Labute approximate surface area is 114 Å². The zero-order valence-electron chi connectivity index (χ0n) is 9.41. The van der Waals surface area contributed by atoms with E-state index in [1.54, 1.807) is 12.1 Å². The van der Waals surface area contributed by atoms with E-state index < -0.39 is 32.7 Å². The number of alkyl halides is 3. The van der Waals surface area contributed by atoms with Crippen LogP contribution in [0.15, 0.2) is 24.3 Å². The van der Waals surface area contributed by atoms with Gasteiger partial charge in [0.25, 0.3) is 0 Å². The fourth-order valence-corrected chi connectivity index (χ4v) is 4.81. The topological polar surface area (TPSA) is 9.23 Å². The zero-order valence-corrected chi connectivity index (χ0v) is 11.7. The van der Waals surface area contributed by atoms with Crippen molar-refractivity contribution in [2.45, 2.75) is 22.7 Å². The molecule has 1 aliphatic rings. The average molecular weight is 368 g/mol. The molecule has 0 radical (unpaired) electrons. The van der Waals surface area contributed by atoms with Crippen molar-refractivity contribution in [1.82, 2.24) is 0 Å². The number of hydrogen-bond donors (Lipinski definition) is 0. The molecule has 0 heterocycles. The first-order valence-corrected chi connectivity index (χ1v) is 7.91. The van der Waals surface area contributed by atoms with E-state index in [1.807, 2.05) is 0 Å². The van der Waals surface area contributed by atoms with Crippen LogP contribution in [0.2, 0.25) is 3.97 Å². The molecule has 0 spiro atoms. The minimum atomic E-state index is -4.25. The maximum atomic E-state index is 12.4. The number of ether oxygens (including phenoxy) is 1. The summed E-state index contributed by atoms with van der Waals surface area (Å²) >= 11 is -0.478. The molecule has 0 N–H and O–H groups in total. The van der Waals surface area contributed by atoms with Crippen molar-refractivity contribution >= 4 is 24.5 Å². The van der Waals surface area contributed by atoms with Gasteiger partial charge >= 0.3 is 114 Å². The molecule has 0 saturated heterocycles. The van der Waals surface area contributed by atoms with Gasteiger partial charge in [-0.1, -0.05) is 0 Å². The van der Waals surface area contributed by atoms with Gasteiger partial charge in [0.2, 0.25) is 0 Å². The SMILES string of the molecule is C#CCOC1CC1[Te]c1ccc(C(F)(F)F)cc1.